The van der Waals surface area contributed by atoms with E-state index in [1.807, 2.05) is 0 Å². The molecule has 1 heterocycles. The minimum atomic E-state index is -1.38. The quantitative estimate of drug-likeness (QED) is 0.520. The summed E-state index contributed by atoms with van der Waals surface area (Å²) in [5.41, 5.74) is 4.74. The summed E-state index contributed by atoms with van der Waals surface area (Å²) in [7, 11) is 0. The number of carbonyl (C=O) groups excluding carboxylic acids is 1. The van der Waals surface area contributed by atoms with E-state index in [4.69, 9.17) is 23.2 Å². The molecule has 1 N–H and O–H groups in total. The average Bonchev–Trinajstić information content (AvgIpc) is 2.91. The highest BCUT2D eigenvalue weighted by atomic mass is 35.5. The fourth-order valence-corrected chi connectivity index (χ4v) is 2.85. The fourth-order valence-electron chi connectivity index (χ4n) is 2.33. The van der Waals surface area contributed by atoms with Crippen LogP contribution in [0.2, 0.25) is 10.2 Å². The van der Waals surface area contributed by atoms with Crippen molar-refractivity contribution in [1.82, 2.24) is 9.78 Å². The van der Waals surface area contributed by atoms with Gasteiger partial charge in [-0.25, -0.2) is 9.07 Å². The molecule has 0 spiro atoms. The first-order valence-electron chi connectivity index (χ1n) is 7.68. The minimum absolute atomic E-state index is 0.0731. The molecule has 0 amide bonds. The predicted molar refractivity (Wildman–Crippen MR) is 100 cm³/mol. The molecule has 3 rings (SSSR count). The number of aromatic carboxylic acids is 1. The number of halogens is 3. The van der Waals surface area contributed by atoms with Gasteiger partial charge in [0.1, 0.15) is 11.0 Å². The number of hydrogen-bond acceptors (Lipinski definition) is 5. The van der Waals surface area contributed by atoms with E-state index in [2.05, 4.69) is 15.6 Å². The van der Waals surface area contributed by atoms with Crippen LogP contribution in [0.15, 0.2) is 47.6 Å². The van der Waals surface area contributed by atoms with E-state index in [0.717, 1.165) is 0 Å². The second-order valence-electron chi connectivity index (χ2n) is 5.53. The highest BCUT2D eigenvalue weighted by Crippen LogP contribution is 2.23. The fraction of sp³-hybridized carbons (Fsp3) is 0.0556. The Morgan fingerprint density at radius 2 is 1.96 bits per heavy atom. The van der Waals surface area contributed by atoms with Gasteiger partial charge in [0.2, 0.25) is 0 Å². The number of benzene rings is 2. The Morgan fingerprint density at radius 1 is 1.26 bits per heavy atom. The van der Waals surface area contributed by atoms with Crippen LogP contribution in [-0.2, 0) is 0 Å². The molecular weight excluding hydrogens is 394 g/mol. The van der Waals surface area contributed by atoms with Crippen molar-refractivity contribution >= 4 is 41.1 Å². The number of carboxylic acids is 1. The maximum absolute atomic E-state index is 13.1. The average molecular weight is 406 g/mol. The molecule has 0 fully saturated rings. The summed E-state index contributed by atoms with van der Waals surface area (Å²) in [6.45, 7) is 1.75. The van der Waals surface area contributed by atoms with Gasteiger partial charge in [-0.05, 0) is 49.4 Å². The lowest BCUT2D eigenvalue weighted by Gasteiger charge is -2.07. The zero-order chi connectivity index (χ0) is 19.6. The normalized spacial score (nSPS) is 11.1. The van der Waals surface area contributed by atoms with Crippen LogP contribution in [0.5, 0.6) is 0 Å². The molecular formula is C18H12Cl2FN4O2-. The summed E-state index contributed by atoms with van der Waals surface area (Å²) in [6.07, 6.45) is 1.46. The topological polar surface area (TPSA) is 82.3 Å². The Hall–Kier alpha value is -2.90. The molecule has 0 radical (unpaired) electrons. The smallest absolute Gasteiger partial charge is 0.142 e. The molecule has 2 aromatic carbocycles. The molecule has 0 aliphatic heterocycles. The maximum atomic E-state index is 13.1. The largest absolute Gasteiger partial charge is 0.545 e. The van der Waals surface area contributed by atoms with Crippen molar-refractivity contribution in [3.05, 3.63) is 75.3 Å². The van der Waals surface area contributed by atoms with Crippen LogP contribution >= 0.6 is 23.2 Å². The third-order valence-electron chi connectivity index (χ3n) is 3.69. The number of carboxylic acid groups (broad SMARTS) is 1. The minimum Gasteiger partial charge on any atom is -0.545 e. The van der Waals surface area contributed by atoms with Gasteiger partial charge in [-0.2, -0.15) is 10.2 Å². The lowest BCUT2D eigenvalue weighted by Crippen LogP contribution is -2.22. The Kier molecular flexibility index (Phi) is 5.43. The van der Waals surface area contributed by atoms with Crippen LogP contribution in [-0.4, -0.2) is 22.0 Å². The van der Waals surface area contributed by atoms with Gasteiger partial charge in [0, 0.05) is 10.6 Å². The van der Waals surface area contributed by atoms with Crippen molar-refractivity contribution in [1.29, 1.82) is 0 Å². The number of aromatic nitrogens is 2. The maximum Gasteiger partial charge on any atom is 0.142 e. The zero-order valence-corrected chi connectivity index (χ0v) is 15.4. The zero-order valence-electron chi connectivity index (χ0n) is 13.9. The Bertz CT molecular complexity index is 1030. The van der Waals surface area contributed by atoms with E-state index < -0.39 is 5.97 Å². The molecule has 1 aromatic heterocycles. The van der Waals surface area contributed by atoms with Crippen molar-refractivity contribution in [2.45, 2.75) is 6.92 Å². The number of anilines is 1. The molecule has 3 aromatic rings. The van der Waals surface area contributed by atoms with E-state index in [1.165, 1.54) is 35.2 Å². The monoisotopic (exact) mass is 405 g/mol. The van der Waals surface area contributed by atoms with E-state index in [1.54, 1.807) is 25.1 Å². The molecule has 0 atom stereocenters. The summed E-state index contributed by atoms with van der Waals surface area (Å²) in [5, 5.41) is 19.8. The van der Waals surface area contributed by atoms with Gasteiger partial charge in [0.15, 0.2) is 0 Å². The number of aryl methyl sites for hydroxylation is 1. The molecule has 0 saturated carbocycles. The van der Waals surface area contributed by atoms with E-state index in [-0.39, 0.29) is 16.4 Å². The second kappa shape index (κ2) is 7.77. The summed E-state index contributed by atoms with van der Waals surface area (Å²) in [4.78, 5) is 11.0. The standard InChI is InChI=1S/C18H13Cl2FN4O2/c1-10-15(17(20)25(24-10)13-5-2-11(21)3-6-13)9-22-23-12-4-7-16(19)14(8-12)18(26)27/h2-9,23H,1H3,(H,26,27)/p-1/b22-9-. The number of nitrogens with one attached hydrogen (secondary N) is 1. The SMILES string of the molecule is Cc1nn(-c2ccc(F)cc2)c(Cl)c1/C=N\Nc1ccc(Cl)c(C(=O)[O-])c1. The van der Waals surface area contributed by atoms with Gasteiger partial charge in [-0.3, -0.25) is 5.43 Å². The van der Waals surface area contributed by atoms with Crippen LogP contribution in [0.4, 0.5) is 10.1 Å². The highest BCUT2D eigenvalue weighted by Gasteiger charge is 2.13. The van der Waals surface area contributed by atoms with Gasteiger partial charge < -0.3 is 9.90 Å². The van der Waals surface area contributed by atoms with Crippen LogP contribution in [0, 0.1) is 12.7 Å². The molecule has 0 aliphatic rings. The number of carbonyl (C=O) groups is 1. The summed E-state index contributed by atoms with van der Waals surface area (Å²) in [5.74, 6) is -1.74. The molecule has 9 heteroatoms. The van der Waals surface area contributed by atoms with Crippen molar-refractivity contribution in [2.75, 3.05) is 5.43 Å². The predicted octanol–water partition coefficient (Wildman–Crippen LogP) is 3.44. The Morgan fingerprint density at radius 3 is 2.63 bits per heavy atom. The number of rotatable bonds is 5. The number of hydrazone groups is 1. The van der Waals surface area contributed by atoms with Crippen LogP contribution < -0.4 is 10.5 Å². The first-order valence-corrected chi connectivity index (χ1v) is 8.43. The van der Waals surface area contributed by atoms with Gasteiger partial charge in [-0.1, -0.05) is 23.2 Å². The van der Waals surface area contributed by atoms with Crippen molar-refractivity contribution in [3.63, 3.8) is 0 Å². The molecule has 138 valence electrons. The van der Waals surface area contributed by atoms with E-state index >= 15 is 0 Å². The van der Waals surface area contributed by atoms with Crippen LogP contribution in [0.25, 0.3) is 5.69 Å². The third kappa shape index (κ3) is 4.10. The van der Waals surface area contributed by atoms with Gasteiger partial charge in [0.25, 0.3) is 0 Å². The molecule has 0 unspecified atom stereocenters. The van der Waals surface area contributed by atoms with Gasteiger partial charge >= 0.3 is 0 Å². The lowest BCUT2D eigenvalue weighted by atomic mass is 10.2. The summed E-state index contributed by atoms with van der Waals surface area (Å²) < 4.78 is 14.5. The number of hydrogen-bond donors (Lipinski definition) is 1. The van der Waals surface area contributed by atoms with Crippen LogP contribution in [0.1, 0.15) is 21.6 Å². The Labute approximate surface area is 163 Å². The van der Waals surface area contributed by atoms with E-state index in [0.29, 0.717) is 27.8 Å². The number of nitrogens with zero attached hydrogens (tertiary/aromatic N) is 3. The summed E-state index contributed by atoms with van der Waals surface area (Å²) in [6, 6.07) is 10.0. The molecule has 0 saturated heterocycles. The lowest BCUT2D eigenvalue weighted by molar-refractivity contribution is -0.255. The molecule has 6 nitrogen and oxygen atoms in total. The van der Waals surface area contributed by atoms with Crippen LogP contribution in [0.3, 0.4) is 0 Å². The highest BCUT2D eigenvalue weighted by molar-refractivity contribution is 6.33. The molecule has 0 bridgehead atoms. The molecule has 0 aliphatic carbocycles. The Balaban J connectivity index is 1.83. The van der Waals surface area contributed by atoms with Crippen molar-refractivity contribution < 1.29 is 14.3 Å². The third-order valence-corrected chi connectivity index (χ3v) is 4.39. The van der Waals surface area contributed by atoms with Crippen molar-refractivity contribution in [2.24, 2.45) is 5.10 Å². The van der Waals surface area contributed by atoms with Gasteiger partial charge in [0.05, 0.1) is 34.8 Å². The summed E-state index contributed by atoms with van der Waals surface area (Å²) >= 11 is 12.2. The van der Waals surface area contributed by atoms with Crippen molar-refractivity contribution in [3.8, 4) is 5.69 Å². The second-order valence-corrected chi connectivity index (χ2v) is 6.30. The molecule has 27 heavy (non-hydrogen) atoms. The first-order chi connectivity index (χ1) is 12.9. The first kappa shape index (κ1) is 18.9. The van der Waals surface area contributed by atoms with E-state index in [9.17, 15) is 14.3 Å². The van der Waals surface area contributed by atoms with Gasteiger partial charge in [-0.15, -0.1) is 0 Å².